The molecule has 13 heavy (non-hydrogen) atoms. The summed E-state index contributed by atoms with van der Waals surface area (Å²) in [5.74, 6) is 0. The largest absolute Gasteiger partial charge is 0.284 e. The number of hydrogen-bond donors (Lipinski definition) is 1. The summed E-state index contributed by atoms with van der Waals surface area (Å²) in [6.07, 6.45) is 1.14. The average Bonchev–Trinajstić information content (AvgIpc) is 1.94. The van der Waals surface area contributed by atoms with Crippen LogP contribution in [0, 0.1) is 10.5 Å². The van der Waals surface area contributed by atoms with Gasteiger partial charge in [0.05, 0.1) is 6.26 Å². The number of rotatable bonds is 2. The monoisotopic (exact) mass is 311 g/mol. The average molecular weight is 311 g/mol. The van der Waals surface area contributed by atoms with Crippen LogP contribution in [0.1, 0.15) is 5.56 Å². The van der Waals surface area contributed by atoms with Crippen LogP contribution < -0.4 is 4.72 Å². The highest BCUT2D eigenvalue weighted by Crippen LogP contribution is 2.17. The summed E-state index contributed by atoms with van der Waals surface area (Å²) >= 11 is 2.20. The van der Waals surface area contributed by atoms with Gasteiger partial charge in [0.2, 0.25) is 10.0 Å². The zero-order valence-corrected chi connectivity index (χ0v) is 10.3. The van der Waals surface area contributed by atoms with E-state index >= 15 is 0 Å². The molecule has 72 valence electrons. The van der Waals surface area contributed by atoms with Crippen molar-refractivity contribution in [3.8, 4) is 0 Å². The zero-order valence-electron chi connectivity index (χ0n) is 7.33. The van der Waals surface area contributed by atoms with Gasteiger partial charge in [0.25, 0.3) is 0 Å². The molecule has 0 spiro atoms. The Kier molecular flexibility index (Phi) is 3.18. The van der Waals surface area contributed by atoms with E-state index in [0.29, 0.717) is 5.69 Å². The van der Waals surface area contributed by atoms with E-state index in [1.54, 1.807) is 6.07 Å². The molecule has 0 bridgehead atoms. The number of halogens is 1. The first-order valence-electron chi connectivity index (χ1n) is 3.62. The molecular weight excluding hydrogens is 301 g/mol. The quantitative estimate of drug-likeness (QED) is 0.849. The molecule has 0 radical (unpaired) electrons. The number of hydrogen-bond acceptors (Lipinski definition) is 2. The maximum absolute atomic E-state index is 10.9. The summed E-state index contributed by atoms with van der Waals surface area (Å²) in [7, 11) is -3.16. The molecule has 1 aromatic rings. The molecule has 0 amide bonds. The second-order valence-electron chi connectivity index (χ2n) is 2.84. The maximum atomic E-state index is 10.9. The second kappa shape index (κ2) is 3.83. The molecule has 0 aliphatic heterocycles. The molecule has 0 aliphatic carbocycles. The normalized spacial score (nSPS) is 11.3. The Morgan fingerprint density at radius 3 is 2.46 bits per heavy atom. The smallest absolute Gasteiger partial charge is 0.229 e. The van der Waals surface area contributed by atoms with Gasteiger partial charge in [-0.05, 0) is 53.3 Å². The van der Waals surface area contributed by atoms with Gasteiger partial charge >= 0.3 is 0 Å². The lowest BCUT2D eigenvalue weighted by atomic mass is 10.2. The summed E-state index contributed by atoms with van der Waals surface area (Å²) < 4.78 is 25.3. The summed E-state index contributed by atoms with van der Waals surface area (Å²) in [6, 6.07) is 5.43. The first-order valence-corrected chi connectivity index (χ1v) is 6.59. The Balaban J connectivity index is 2.99. The fourth-order valence-corrected chi connectivity index (χ4v) is 1.81. The van der Waals surface area contributed by atoms with Crippen molar-refractivity contribution in [1.29, 1.82) is 0 Å². The first kappa shape index (κ1) is 10.8. The number of sulfonamides is 1. The van der Waals surface area contributed by atoms with Gasteiger partial charge in [-0.2, -0.15) is 0 Å². The second-order valence-corrected chi connectivity index (χ2v) is 5.75. The molecule has 5 heteroatoms. The number of nitrogens with one attached hydrogen (secondary N) is 1. The fraction of sp³-hybridized carbons (Fsp3) is 0.250. The van der Waals surface area contributed by atoms with Crippen LogP contribution in [0.3, 0.4) is 0 Å². The molecule has 0 saturated carbocycles. The van der Waals surface area contributed by atoms with E-state index in [1.165, 1.54) is 0 Å². The van der Waals surface area contributed by atoms with Gasteiger partial charge in [0, 0.05) is 9.26 Å². The fourth-order valence-electron chi connectivity index (χ4n) is 0.922. The van der Waals surface area contributed by atoms with Gasteiger partial charge in [-0.3, -0.25) is 4.72 Å². The van der Waals surface area contributed by atoms with Gasteiger partial charge in [0.1, 0.15) is 0 Å². The van der Waals surface area contributed by atoms with Gasteiger partial charge in [-0.1, -0.05) is 0 Å². The molecule has 1 aromatic carbocycles. The highest BCUT2D eigenvalue weighted by molar-refractivity contribution is 14.1. The van der Waals surface area contributed by atoms with Gasteiger partial charge < -0.3 is 0 Å². The van der Waals surface area contributed by atoms with E-state index < -0.39 is 10.0 Å². The van der Waals surface area contributed by atoms with Crippen molar-refractivity contribution < 1.29 is 8.42 Å². The molecule has 0 unspecified atom stereocenters. The summed E-state index contributed by atoms with van der Waals surface area (Å²) in [4.78, 5) is 0. The first-order chi connectivity index (χ1) is 5.88. The lowest BCUT2D eigenvalue weighted by Crippen LogP contribution is -2.09. The molecule has 0 fully saturated rings. The van der Waals surface area contributed by atoms with Crippen LogP contribution in [0.5, 0.6) is 0 Å². The van der Waals surface area contributed by atoms with Gasteiger partial charge in [-0.15, -0.1) is 0 Å². The minimum Gasteiger partial charge on any atom is -0.284 e. The Bertz CT molecular complexity index is 414. The van der Waals surface area contributed by atoms with Crippen molar-refractivity contribution in [2.24, 2.45) is 0 Å². The summed E-state index contributed by atoms with van der Waals surface area (Å²) in [6.45, 7) is 1.94. The maximum Gasteiger partial charge on any atom is 0.229 e. The summed E-state index contributed by atoms with van der Waals surface area (Å²) in [5.41, 5.74) is 1.68. The lowest BCUT2D eigenvalue weighted by Gasteiger charge is -2.05. The predicted molar refractivity (Wildman–Crippen MR) is 62.4 cm³/mol. The molecule has 0 aliphatic rings. The van der Waals surface area contributed by atoms with Crippen LogP contribution in [0.25, 0.3) is 0 Å². The number of aryl methyl sites for hydroxylation is 1. The molecule has 3 nitrogen and oxygen atoms in total. The van der Waals surface area contributed by atoms with E-state index in [0.717, 1.165) is 15.4 Å². The molecule has 1 rings (SSSR count). The third-order valence-corrected chi connectivity index (χ3v) is 3.28. The molecule has 0 aromatic heterocycles. The molecule has 0 saturated heterocycles. The zero-order chi connectivity index (χ0) is 10.1. The Morgan fingerprint density at radius 2 is 2.00 bits per heavy atom. The van der Waals surface area contributed by atoms with Crippen molar-refractivity contribution in [1.82, 2.24) is 0 Å². The highest BCUT2D eigenvalue weighted by atomic mass is 127. The van der Waals surface area contributed by atoms with Crippen LogP contribution in [0.15, 0.2) is 18.2 Å². The molecule has 1 N–H and O–H groups in total. The van der Waals surface area contributed by atoms with Crippen molar-refractivity contribution in [2.45, 2.75) is 6.92 Å². The van der Waals surface area contributed by atoms with E-state index in [9.17, 15) is 8.42 Å². The Labute approximate surface area is 91.7 Å². The standard InChI is InChI=1S/C8H10INO2S/c1-6-5-7(3-4-8(6)9)10-13(2,11)12/h3-5,10H,1-2H3. The predicted octanol–water partition coefficient (Wildman–Crippen LogP) is 1.97. The van der Waals surface area contributed by atoms with Crippen LogP contribution >= 0.6 is 22.6 Å². The molecule has 0 heterocycles. The SMILES string of the molecule is Cc1cc(NS(C)(=O)=O)ccc1I. The van der Waals surface area contributed by atoms with Crippen molar-refractivity contribution >= 4 is 38.3 Å². The van der Waals surface area contributed by atoms with Crippen molar-refractivity contribution in [3.05, 3.63) is 27.3 Å². The van der Waals surface area contributed by atoms with Gasteiger partial charge in [0.15, 0.2) is 0 Å². The third kappa shape index (κ3) is 3.51. The van der Waals surface area contributed by atoms with Gasteiger partial charge in [-0.25, -0.2) is 8.42 Å². The van der Waals surface area contributed by atoms with Crippen LogP contribution in [-0.4, -0.2) is 14.7 Å². The Hall–Kier alpha value is -0.300. The highest BCUT2D eigenvalue weighted by Gasteiger charge is 2.02. The van der Waals surface area contributed by atoms with E-state index in [-0.39, 0.29) is 0 Å². The Morgan fingerprint density at radius 1 is 1.38 bits per heavy atom. The van der Waals surface area contributed by atoms with E-state index in [2.05, 4.69) is 27.3 Å². The molecular formula is C8H10INO2S. The topological polar surface area (TPSA) is 46.2 Å². The minimum absolute atomic E-state index is 0.611. The van der Waals surface area contributed by atoms with Crippen molar-refractivity contribution in [2.75, 3.05) is 11.0 Å². The van der Waals surface area contributed by atoms with Crippen LogP contribution in [0.4, 0.5) is 5.69 Å². The van der Waals surface area contributed by atoms with Crippen LogP contribution in [-0.2, 0) is 10.0 Å². The third-order valence-electron chi connectivity index (χ3n) is 1.46. The lowest BCUT2D eigenvalue weighted by molar-refractivity contribution is 0.607. The minimum atomic E-state index is -3.16. The van der Waals surface area contributed by atoms with Crippen LogP contribution in [0.2, 0.25) is 0 Å². The molecule has 0 atom stereocenters. The van der Waals surface area contributed by atoms with Crippen molar-refractivity contribution in [3.63, 3.8) is 0 Å². The van der Waals surface area contributed by atoms with E-state index in [4.69, 9.17) is 0 Å². The number of benzene rings is 1. The summed E-state index contributed by atoms with van der Waals surface area (Å²) in [5, 5.41) is 0. The van der Waals surface area contributed by atoms with E-state index in [1.807, 2.05) is 19.1 Å². The number of anilines is 1.